The lowest BCUT2D eigenvalue weighted by Gasteiger charge is -2.33. The van der Waals surface area contributed by atoms with Gasteiger partial charge in [-0.3, -0.25) is 4.90 Å². The fourth-order valence-electron chi connectivity index (χ4n) is 2.01. The van der Waals surface area contributed by atoms with E-state index in [1.807, 2.05) is 18.7 Å². The van der Waals surface area contributed by atoms with E-state index < -0.39 is 5.92 Å². The number of halogens is 2. The Morgan fingerprint density at radius 3 is 2.50 bits per heavy atom. The van der Waals surface area contributed by atoms with Crippen LogP contribution in [0.5, 0.6) is 0 Å². The lowest BCUT2D eigenvalue weighted by molar-refractivity contribution is -0.00500. The smallest absolute Gasteiger partial charge is 0.278 e. The molecule has 1 heterocycles. The zero-order valence-corrected chi connectivity index (χ0v) is 9.19. The fourth-order valence-corrected chi connectivity index (χ4v) is 2.01. The van der Waals surface area contributed by atoms with Crippen LogP contribution >= 0.6 is 0 Å². The second-order valence-corrected chi connectivity index (χ2v) is 4.60. The van der Waals surface area contributed by atoms with Crippen molar-refractivity contribution in [1.82, 2.24) is 4.90 Å². The molecule has 0 aromatic heterocycles. The third-order valence-corrected chi connectivity index (χ3v) is 2.88. The quantitative estimate of drug-likeness (QED) is 0.637. The van der Waals surface area contributed by atoms with Crippen LogP contribution in [0.3, 0.4) is 0 Å². The lowest BCUT2D eigenvalue weighted by Crippen LogP contribution is -2.44. The van der Waals surface area contributed by atoms with Crippen LogP contribution in [0, 0.1) is 0 Å². The molecule has 1 nitrogen and oxygen atoms in total. The van der Waals surface area contributed by atoms with E-state index in [1.54, 1.807) is 6.92 Å². The van der Waals surface area contributed by atoms with Gasteiger partial charge in [0.1, 0.15) is 0 Å². The summed E-state index contributed by atoms with van der Waals surface area (Å²) in [6.45, 7) is 6.34. The van der Waals surface area contributed by atoms with E-state index in [9.17, 15) is 8.78 Å². The van der Waals surface area contributed by atoms with Crippen molar-refractivity contribution in [2.45, 2.75) is 45.1 Å². The van der Waals surface area contributed by atoms with Crippen molar-refractivity contribution in [3.8, 4) is 0 Å². The molecule has 1 saturated heterocycles. The third kappa shape index (κ3) is 2.77. The van der Waals surface area contributed by atoms with Gasteiger partial charge in [0.25, 0.3) is 5.92 Å². The lowest BCUT2D eigenvalue weighted by atomic mass is 10.0. The van der Waals surface area contributed by atoms with Gasteiger partial charge in [-0.1, -0.05) is 6.08 Å². The second kappa shape index (κ2) is 3.97. The van der Waals surface area contributed by atoms with Crippen molar-refractivity contribution in [2.24, 2.45) is 0 Å². The summed E-state index contributed by atoms with van der Waals surface area (Å²) in [5, 5.41) is 0. The molecule has 0 saturated carbocycles. The van der Waals surface area contributed by atoms with Gasteiger partial charge in [0.05, 0.1) is 6.54 Å². The molecule has 82 valence electrons. The normalized spacial score (nSPS) is 23.5. The van der Waals surface area contributed by atoms with E-state index in [4.69, 9.17) is 0 Å². The minimum atomic E-state index is -2.68. The summed E-state index contributed by atoms with van der Waals surface area (Å²) in [6, 6.07) is 0. The number of hydrogen-bond acceptors (Lipinski definition) is 1. The van der Waals surface area contributed by atoms with Crippen LogP contribution in [0.15, 0.2) is 12.2 Å². The van der Waals surface area contributed by atoms with Gasteiger partial charge < -0.3 is 0 Å². The average Bonchev–Trinajstić information content (AvgIpc) is 2.29. The van der Waals surface area contributed by atoms with Gasteiger partial charge in [-0.25, -0.2) is 8.78 Å². The molecule has 0 aromatic rings. The molecule has 0 radical (unpaired) electrons. The minimum Gasteiger partial charge on any atom is -0.292 e. The summed E-state index contributed by atoms with van der Waals surface area (Å²) in [6.07, 6.45) is 4.45. The Kier molecular flexibility index (Phi) is 3.30. The zero-order valence-electron chi connectivity index (χ0n) is 9.19. The summed E-state index contributed by atoms with van der Waals surface area (Å²) in [7, 11) is 0. The monoisotopic (exact) mass is 203 g/mol. The topological polar surface area (TPSA) is 3.24 Å². The van der Waals surface area contributed by atoms with E-state index in [2.05, 4.69) is 0 Å². The van der Waals surface area contributed by atoms with Gasteiger partial charge >= 0.3 is 0 Å². The average molecular weight is 203 g/mol. The highest BCUT2D eigenvalue weighted by Crippen LogP contribution is 2.31. The predicted molar refractivity (Wildman–Crippen MR) is 54.6 cm³/mol. The van der Waals surface area contributed by atoms with Gasteiger partial charge in [-0.05, 0) is 46.2 Å². The Hall–Kier alpha value is -0.440. The van der Waals surface area contributed by atoms with Gasteiger partial charge in [0.15, 0.2) is 0 Å². The highest BCUT2D eigenvalue weighted by atomic mass is 19.3. The molecule has 0 aliphatic carbocycles. The first-order valence-electron chi connectivity index (χ1n) is 5.14. The summed E-state index contributed by atoms with van der Waals surface area (Å²) in [5.41, 5.74) is -0.0645. The van der Waals surface area contributed by atoms with Crippen LogP contribution in [-0.2, 0) is 0 Å². The Balaban J connectivity index is 2.60. The van der Waals surface area contributed by atoms with Crippen molar-refractivity contribution in [3.63, 3.8) is 0 Å². The minimum absolute atomic E-state index is 0.0645. The molecule has 1 fully saturated rings. The molecule has 0 atom stereocenters. The van der Waals surface area contributed by atoms with Gasteiger partial charge in [0.2, 0.25) is 0 Å². The largest absolute Gasteiger partial charge is 0.292 e. The number of hydrogen-bond donors (Lipinski definition) is 0. The Bertz CT molecular complexity index is 221. The molecular formula is C11H19F2N. The van der Waals surface area contributed by atoms with Gasteiger partial charge in [-0.15, -0.1) is 0 Å². The number of rotatable bonds is 3. The molecule has 1 aliphatic heterocycles. The van der Waals surface area contributed by atoms with E-state index in [0.717, 1.165) is 25.5 Å². The molecule has 3 heteroatoms. The number of allylic oxidation sites excluding steroid dienone is 1. The Labute approximate surface area is 84.8 Å². The summed E-state index contributed by atoms with van der Waals surface area (Å²) in [5.74, 6) is -2.68. The van der Waals surface area contributed by atoms with E-state index in [0.29, 0.717) is 0 Å². The van der Waals surface area contributed by atoms with Gasteiger partial charge in [0, 0.05) is 5.54 Å². The van der Waals surface area contributed by atoms with Crippen molar-refractivity contribution in [1.29, 1.82) is 0 Å². The van der Waals surface area contributed by atoms with Crippen LogP contribution in [-0.4, -0.2) is 29.5 Å². The molecule has 14 heavy (non-hydrogen) atoms. The van der Waals surface area contributed by atoms with Crippen LogP contribution in [0.25, 0.3) is 0 Å². The summed E-state index contributed by atoms with van der Waals surface area (Å²) in [4.78, 5) is 1.88. The standard InChI is InChI=1S/C11H19F2N/c1-4-6-11(12,13)9-14-8-5-7-10(14,2)3/h4,6H,5,7-9H2,1-3H3/b6-4+. The summed E-state index contributed by atoms with van der Waals surface area (Å²) < 4.78 is 26.6. The number of likely N-dealkylation sites (tertiary alicyclic amines) is 1. The van der Waals surface area contributed by atoms with Crippen molar-refractivity contribution >= 4 is 0 Å². The van der Waals surface area contributed by atoms with Crippen LogP contribution in [0.1, 0.15) is 33.6 Å². The molecule has 1 rings (SSSR count). The maximum Gasteiger partial charge on any atom is 0.278 e. The summed E-state index contributed by atoms with van der Waals surface area (Å²) >= 11 is 0. The second-order valence-electron chi connectivity index (χ2n) is 4.60. The Morgan fingerprint density at radius 2 is 2.07 bits per heavy atom. The first-order chi connectivity index (χ1) is 6.37. The highest BCUT2D eigenvalue weighted by molar-refractivity contribution is 4.98. The van der Waals surface area contributed by atoms with E-state index in [-0.39, 0.29) is 12.1 Å². The fraction of sp³-hybridized carbons (Fsp3) is 0.818. The molecule has 0 aromatic carbocycles. The maximum atomic E-state index is 13.3. The van der Waals surface area contributed by atoms with Gasteiger partial charge in [-0.2, -0.15) is 0 Å². The number of alkyl halides is 2. The van der Waals surface area contributed by atoms with Crippen LogP contribution in [0.4, 0.5) is 8.78 Å². The molecular weight excluding hydrogens is 184 g/mol. The van der Waals surface area contributed by atoms with Crippen molar-refractivity contribution < 1.29 is 8.78 Å². The molecule has 0 spiro atoms. The molecule has 0 N–H and O–H groups in total. The number of nitrogens with zero attached hydrogens (tertiary/aromatic N) is 1. The van der Waals surface area contributed by atoms with Crippen LogP contribution in [0.2, 0.25) is 0 Å². The molecule has 0 amide bonds. The molecule has 0 bridgehead atoms. The third-order valence-electron chi connectivity index (χ3n) is 2.88. The zero-order chi connectivity index (χ0) is 10.8. The Morgan fingerprint density at radius 1 is 1.43 bits per heavy atom. The SMILES string of the molecule is C/C=C/C(F)(F)CN1CCCC1(C)C. The van der Waals surface area contributed by atoms with Crippen LogP contribution < -0.4 is 0 Å². The first kappa shape index (κ1) is 11.6. The predicted octanol–water partition coefficient (Wildman–Crippen LogP) is 3.07. The van der Waals surface area contributed by atoms with E-state index >= 15 is 0 Å². The molecule has 1 aliphatic rings. The molecule has 0 unspecified atom stereocenters. The highest BCUT2D eigenvalue weighted by Gasteiger charge is 2.38. The van der Waals surface area contributed by atoms with Crippen molar-refractivity contribution in [2.75, 3.05) is 13.1 Å². The maximum absolute atomic E-state index is 13.3. The van der Waals surface area contributed by atoms with Crippen molar-refractivity contribution in [3.05, 3.63) is 12.2 Å². The first-order valence-corrected chi connectivity index (χ1v) is 5.14. The van der Waals surface area contributed by atoms with E-state index in [1.165, 1.54) is 6.08 Å².